The third kappa shape index (κ3) is 4.67. The molecule has 0 unspecified atom stereocenters. The van der Waals surface area contributed by atoms with E-state index in [0.29, 0.717) is 5.95 Å². The molecule has 1 aliphatic rings. The topological polar surface area (TPSA) is 35.6 Å². The molecule has 0 aliphatic carbocycles. The molecule has 0 N–H and O–H groups in total. The summed E-state index contributed by atoms with van der Waals surface area (Å²) in [4.78, 5) is 13.1. The van der Waals surface area contributed by atoms with Crippen molar-refractivity contribution in [2.75, 3.05) is 0 Å². The Bertz CT molecular complexity index is 4040. The van der Waals surface area contributed by atoms with Crippen molar-refractivity contribution in [2.24, 2.45) is 0 Å². The van der Waals surface area contributed by atoms with Crippen LogP contribution in [0.2, 0.25) is 0 Å². The summed E-state index contributed by atoms with van der Waals surface area (Å²) in [6.07, 6.45) is 0. The molecule has 0 fully saturated rings. The van der Waals surface area contributed by atoms with Crippen molar-refractivity contribution in [1.29, 1.82) is 0 Å². The van der Waals surface area contributed by atoms with Gasteiger partial charge in [-0.25, -0.2) is 9.97 Å². The summed E-state index contributed by atoms with van der Waals surface area (Å²) in [6.45, 7) is 0. The van der Waals surface area contributed by atoms with Crippen molar-refractivity contribution >= 4 is 98.6 Å². The van der Waals surface area contributed by atoms with Crippen molar-refractivity contribution in [3.05, 3.63) is 194 Å². The normalized spacial score (nSPS) is 12.5. The second kappa shape index (κ2) is 12.4. The molecule has 0 bridgehead atoms. The van der Waals surface area contributed by atoms with Gasteiger partial charge < -0.3 is 4.57 Å². The monoisotopic (exact) mass is 792 g/mol. The highest BCUT2D eigenvalue weighted by molar-refractivity contribution is 7.99. The van der Waals surface area contributed by atoms with E-state index in [-0.39, 0.29) is 0 Å². The molecule has 282 valence electrons. The third-order valence-electron chi connectivity index (χ3n) is 12.9. The van der Waals surface area contributed by atoms with Gasteiger partial charge in [0.05, 0.1) is 39.0 Å². The van der Waals surface area contributed by atoms with Crippen LogP contribution in [-0.4, -0.2) is 19.1 Å². The van der Waals surface area contributed by atoms with Crippen molar-refractivity contribution in [2.45, 2.75) is 9.79 Å². The fourth-order valence-corrected chi connectivity index (χ4v) is 11.3. The van der Waals surface area contributed by atoms with Gasteiger partial charge in [0, 0.05) is 47.7 Å². The maximum absolute atomic E-state index is 5.38. The van der Waals surface area contributed by atoms with Gasteiger partial charge in [0.2, 0.25) is 5.95 Å². The summed E-state index contributed by atoms with van der Waals surface area (Å²) >= 11 is 1.80. The van der Waals surface area contributed by atoms with Gasteiger partial charge in [-0.1, -0.05) is 145 Å². The summed E-state index contributed by atoms with van der Waals surface area (Å²) < 4.78 is 4.74. The fraction of sp³-hybridized carbons (Fsp3) is 0. The van der Waals surface area contributed by atoms with E-state index in [1.165, 1.54) is 91.5 Å². The number of rotatable bonds is 3. The zero-order valence-electron chi connectivity index (χ0n) is 32.7. The Kier molecular flexibility index (Phi) is 6.74. The van der Waals surface area contributed by atoms with Gasteiger partial charge in [0.1, 0.15) is 0 Å². The van der Waals surface area contributed by atoms with Crippen molar-refractivity contribution < 1.29 is 0 Å². The molecule has 0 saturated heterocycles. The first kappa shape index (κ1) is 33.1. The highest BCUT2D eigenvalue weighted by Crippen LogP contribution is 2.47. The van der Waals surface area contributed by atoms with E-state index in [9.17, 15) is 0 Å². The Morgan fingerprint density at radius 1 is 0.361 bits per heavy atom. The number of fused-ring (bicyclic) bond motifs is 13. The second-order valence-corrected chi connectivity index (χ2v) is 17.2. The standard InChI is InChI=1S/C56H32N4S/c1-3-14-38-33(11-1)23-24-35-13-9-20-48(52(35)38)59-47-29-27-37(32-43(47)53-39-15-4-2-12-34(39)25-30-49(53)59)36-26-28-46-42(31-36)40-16-5-7-19-45(40)60(46)56-57-44-18-10-22-51-54(44)55(58-56)41-17-6-8-21-50(41)61-51/h1-32H. The molecule has 13 aromatic rings. The molecule has 4 nitrogen and oxygen atoms in total. The number of hydrogen-bond donors (Lipinski definition) is 0. The molecule has 3 aromatic heterocycles. The zero-order chi connectivity index (χ0) is 39.8. The highest BCUT2D eigenvalue weighted by atomic mass is 32.2. The molecule has 0 saturated carbocycles. The minimum atomic E-state index is 0.683. The highest BCUT2D eigenvalue weighted by Gasteiger charge is 2.24. The molecular formula is C56H32N4S. The maximum atomic E-state index is 5.38. The first-order chi connectivity index (χ1) is 30.2. The minimum Gasteiger partial charge on any atom is -0.309 e. The number of benzene rings is 10. The number of aromatic nitrogens is 4. The predicted molar refractivity (Wildman–Crippen MR) is 256 cm³/mol. The number of para-hydroxylation sites is 1. The summed E-state index contributed by atoms with van der Waals surface area (Å²) in [6, 6.07) is 70.9. The lowest BCUT2D eigenvalue weighted by molar-refractivity contribution is 1.01. The van der Waals surface area contributed by atoms with Gasteiger partial charge in [-0.05, 0) is 98.7 Å². The first-order valence-corrected chi connectivity index (χ1v) is 21.6. The van der Waals surface area contributed by atoms with Gasteiger partial charge in [-0.15, -0.1) is 0 Å². The molecule has 14 rings (SSSR count). The number of nitrogens with zero attached hydrogens (tertiary/aromatic N) is 4. The van der Waals surface area contributed by atoms with Gasteiger partial charge in [0.15, 0.2) is 0 Å². The van der Waals surface area contributed by atoms with Crippen LogP contribution in [0.25, 0.3) is 121 Å². The van der Waals surface area contributed by atoms with Crippen molar-refractivity contribution in [1.82, 2.24) is 19.1 Å². The number of hydrogen-bond acceptors (Lipinski definition) is 3. The Hall–Kier alpha value is -7.73. The third-order valence-corrected chi connectivity index (χ3v) is 14.0. The molecule has 61 heavy (non-hydrogen) atoms. The van der Waals surface area contributed by atoms with Crippen LogP contribution in [0, 0.1) is 0 Å². The van der Waals surface area contributed by atoms with Crippen LogP contribution in [0.15, 0.2) is 204 Å². The molecule has 0 amide bonds. The van der Waals surface area contributed by atoms with E-state index in [1.807, 2.05) is 0 Å². The van der Waals surface area contributed by atoms with Crippen LogP contribution in [0.5, 0.6) is 0 Å². The molecule has 5 heteroatoms. The van der Waals surface area contributed by atoms with Crippen LogP contribution in [0.4, 0.5) is 0 Å². The summed E-state index contributed by atoms with van der Waals surface area (Å²) in [5.74, 6) is 0.683. The first-order valence-electron chi connectivity index (χ1n) is 20.7. The Labute approximate surface area is 354 Å². The van der Waals surface area contributed by atoms with Gasteiger partial charge in [-0.2, -0.15) is 0 Å². The lowest BCUT2D eigenvalue weighted by Gasteiger charge is -2.20. The van der Waals surface area contributed by atoms with Gasteiger partial charge >= 0.3 is 0 Å². The summed E-state index contributed by atoms with van der Waals surface area (Å²) in [5.41, 5.74) is 11.2. The molecule has 4 heterocycles. The Balaban J connectivity index is 1.00. The molecule has 0 spiro atoms. The Morgan fingerprint density at radius 2 is 0.967 bits per heavy atom. The zero-order valence-corrected chi connectivity index (χ0v) is 33.5. The maximum Gasteiger partial charge on any atom is 0.235 e. The predicted octanol–water partition coefficient (Wildman–Crippen LogP) is 15.1. The molecule has 10 aromatic carbocycles. The van der Waals surface area contributed by atoms with E-state index in [0.717, 1.165) is 33.2 Å². The van der Waals surface area contributed by atoms with E-state index in [1.54, 1.807) is 11.8 Å². The van der Waals surface area contributed by atoms with E-state index in [2.05, 4.69) is 203 Å². The van der Waals surface area contributed by atoms with Crippen LogP contribution in [0.3, 0.4) is 0 Å². The Morgan fingerprint density at radius 3 is 1.82 bits per heavy atom. The van der Waals surface area contributed by atoms with E-state index < -0.39 is 0 Å². The van der Waals surface area contributed by atoms with Crippen LogP contribution in [0.1, 0.15) is 0 Å². The largest absolute Gasteiger partial charge is 0.309 e. The van der Waals surface area contributed by atoms with E-state index in [4.69, 9.17) is 9.97 Å². The van der Waals surface area contributed by atoms with Crippen molar-refractivity contribution in [3.8, 4) is 34.0 Å². The smallest absolute Gasteiger partial charge is 0.235 e. The van der Waals surface area contributed by atoms with Crippen LogP contribution < -0.4 is 0 Å². The van der Waals surface area contributed by atoms with Crippen molar-refractivity contribution in [3.63, 3.8) is 0 Å². The van der Waals surface area contributed by atoms with Crippen LogP contribution in [-0.2, 0) is 0 Å². The molecule has 1 aliphatic heterocycles. The second-order valence-electron chi connectivity index (χ2n) is 16.1. The lowest BCUT2D eigenvalue weighted by atomic mass is 9.99. The minimum absolute atomic E-state index is 0.683. The lowest BCUT2D eigenvalue weighted by Crippen LogP contribution is -2.05. The van der Waals surface area contributed by atoms with Gasteiger partial charge in [-0.3, -0.25) is 4.57 Å². The quantitative estimate of drug-likeness (QED) is 0.167. The van der Waals surface area contributed by atoms with E-state index >= 15 is 0 Å². The van der Waals surface area contributed by atoms with Crippen LogP contribution >= 0.6 is 11.8 Å². The SMILES string of the molecule is c1ccc2c(c1)Sc1cccc3nc(-n4c5ccccc5c5cc(-c6ccc7c(c6)c6c8ccccc8ccc6n7-c6cccc7ccc8ccccc8c67)ccc54)nc-2c13. The fourth-order valence-electron chi connectivity index (χ4n) is 10.2. The van der Waals surface area contributed by atoms with Gasteiger partial charge in [0.25, 0.3) is 0 Å². The molecule has 0 radical (unpaired) electrons. The molecular weight excluding hydrogens is 761 g/mol. The average molecular weight is 793 g/mol. The average Bonchev–Trinajstić information content (AvgIpc) is 3.83. The molecule has 0 atom stereocenters. The summed E-state index contributed by atoms with van der Waals surface area (Å²) in [5, 5.41) is 13.5. The summed E-state index contributed by atoms with van der Waals surface area (Å²) in [7, 11) is 0.